The highest BCUT2D eigenvalue weighted by atomic mass is 19.1. The molecule has 5 heteroatoms. The highest BCUT2D eigenvalue weighted by molar-refractivity contribution is 5.77. The zero-order valence-corrected chi connectivity index (χ0v) is 11.9. The first kappa shape index (κ1) is 14.8. The molecule has 0 heterocycles. The van der Waals surface area contributed by atoms with Gasteiger partial charge in [-0.05, 0) is 31.9 Å². The molecule has 0 bridgehead atoms. The normalized spacial score (nSPS) is 15.8. The second-order valence-electron chi connectivity index (χ2n) is 5.08. The highest BCUT2D eigenvalue weighted by Gasteiger charge is 2.30. The van der Waals surface area contributed by atoms with Crippen LogP contribution in [0.5, 0.6) is 0 Å². The van der Waals surface area contributed by atoms with E-state index < -0.39 is 6.04 Å². The van der Waals surface area contributed by atoms with Gasteiger partial charge in [-0.2, -0.15) is 0 Å². The van der Waals surface area contributed by atoms with Gasteiger partial charge in [-0.25, -0.2) is 4.39 Å². The molecule has 1 unspecified atom stereocenters. The zero-order chi connectivity index (χ0) is 14.5. The van der Waals surface area contributed by atoms with Gasteiger partial charge in [0.1, 0.15) is 11.9 Å². The van der Waals surface area contributed by atoms with Gasteiger partial charge in [0.05, 0.1) is 12.3 Å². The minimum atomic E-state index is -0.424. The topological polar surface area (TPSA) is 41.6 Å². The molecule has 0 radical (unpaired) electrons. The van der Waals surface area contributed by atoms with E-state index in [2.05, 4.69) is 5.32 Å². The molecular formula is C15H21FN2O2. The fourth-order valence-corrected chi connectivity index (χ4v) is 2.11. The van der Waals surface area contributed by atoms with Gasteiger partial charge >= 0.3 is 5.97 Å². The molecule has 20 heavy (non-hydrogen) atoms. The van der Waals surface area contributed by atoms with Gasteiger partial charge in [-0.1, -0.05) is 12.1 Å². The van der Waals surface area contributed by atoms with E-state index >= 15 is 0 Å². The third-order valence-corrected chi connectivity index (χ3v) is 3.31. The third-order valence-electron chi connectivity index (χ3n) is 3.31. The summed E-state index contributed by atoms with van der Waals surface area (Å²) in [4.78, 5) is 13.7. The molecule has 1 aliphatic rings. The molecule has 1 aliphatic carbocycles. The molecule has 0 aliphatic heterocycles. The van der Waals surface area contributed by atoms with Crippen LogP contribution < -0.4 is 10.2 Å². The van der Waals surface area contributed by atoms with Crippen molar-refractivity contribution in [3.8, 4) is 0 Å². The molecule has 110 valence electrons. The number of likely N-dealkylation sites (N-methyl/N-ethyl adjacent to an activating group) is 1. The van der Waals surface area contributed by atoms with Crippen molar-refractivity contribution >= 4 is 11.7 Å². The molecule has 0 spiro atoms. The number of hydrogen-bond donors (Lipinski definition) is 1. The molecule has 0 amide bonds. The summed E-state index contributed by atoms with van der Waals surface area (Å²) in [6.45, 7) is 2.52. The van der Waals surface area contributed by atoms with Crippen molar-refractivity contribution in [1.82, 2.24) is 5.32 Å². The maximum atomic E-state index is 13.7. The lowest BCUT2D eigenvalue weighted by Gasteiger charge is -2.25. The lowest BCUT2D eigenvalue weighted by molar-refractivity contribution is -0.145. The van der Waals surface area contributed by atoms with Gasteiger partial charge in [-0.3, -0.25) is 4.79 Å². The average molecular weight is 280 g/mol. The number of para-hydroxylation sites is 1. The Hall–Kier alpha value is -1.62. The molecule has 4 nitrogen and oxygen atoms in total. The number of nitrogens with one attached hydrogen (secondary N) is 1. The van der Waals surface area contributed by atoms with E-state index in [1.165, 1.54) is 6.07 Å². The van der Waals surface area contributed by atoms with Gasteiger partial charge in [0.15, 0.2) is 0 Å². The number of ether oxygens (including phenoxy) is 1. The summed E-state index contributed by atoms with van der Waals surface area (Å²) in [7, 11) is 1.78. The Balaban J connectivity index is 2.02. The minimum Gasteiger partial charge on any atom is -0.465 e. The van der Waals surface area contributed by atoms with Crippen molar-refractivity contribution in [1.29, 1.82) is 0 Å². The summed E-state index contributed by atoms with van der Waals surface area (Å²) in [5.74, 6) is -0.563. The predicted octanol–water partition coefficient (Wildman–Crippen LogP) is 1.95. The number of carbonyl (C=O) groups excluding carboxylic acids is 1. The second kappa shape index (κ2) is 6.70. The van der Waals surface area contributed by atoms with Gasteiger partial charge in [0, 0.05) is 19.6 Å². The summed E-state index contributed by atoms with van der Waals surface area (Å²) < 4.78 is 18.8. The standard InChI is InChI=1S/C15H21FN2O2/c1-3-20-15(19)13(17-11-8-9-11)10-18(2)14-7-5-4-6-12(14)16/h4-7,11,13,17H,3,8-10H2,1-2H3. The number of rotatable bonds is 7. The van der Waals surface area contributed by atoms with E-state index in [-0.39, 0.29) is 11.8 Å². The van der Waals surface area contributed by atoms with Crippen LogP contribution in [0, 0.1) is 5.82 Å². The Labute approximate surface area is 118 Å². The molecule has 1 atom stereocenters. The van der Waals surface area contributed by atoms with E-state index in [0.29, 0.717) is 24.9 Å². The predicted molar refractivity (Wildman–Crippen MR) is 76.2 cm³/mol. The van der Waals surface area contributed by atoms with E-state index in [1.54, 1.807) is 37.1 Å². The zero-order valence-electron chi connectivity index (χ0n) is 11.9. The molecule has 1 fully saturated rings. The van der Waals surface area contributed by atoms with Crippen LogP contribution in [0.25, 0.3) is 0 Å². The van der Waals surface area contributed by atoms with Gasteiger partial charge < -0.3 is 15.0 Å². The van der Waals surface area contributed by atoms with Crippen molar-refractivity contribution in [2.75, 3.05) is 25.1 Å². The quantitative estimate of drug-likeness (QED) is 0.775. The van der Waals surface area contributed by atoms with Crippen molar-refractivity contribution < 1.29 is 13.9 Å². The van der Waals surface area contributed by atoms with Crippen LogP contribution in [0.4, 0.5) is 10.1 Å². The van der Waals surface area contributed by atoms with Gasteiger partial charge in [-0.15, -0.1) is 0 Å². The van der Waals surface area contributed by atoms with Gasteiger partial charge in [0.2, 0.25) is 0 Å². The monoisotopic (exact) mass is 280 g/mol. The smallest absolute Gasteiger partial charge is 0.324 e. The SMILES string of the molecule is CCOC(=O)C(CN(C)c1ccccc1F)NC1CC1. The van der Waals surface area contributed by atoms with Crippen LogP contribution in [0.3, 0.4) is 0 Å². The molecular weight excluding hydrogens is 259 g/mol. The fourth-order valence-electron chi connectivity index (χ4n) is 2.11. The number of esters is 1. The van der Waals surface area contributed by atoms with Crippen LogP contribution in [0.15, 0.2) is 24.3 Å². The number of nitrogens with zero attached hydrogens (tertiary/aromatic N) is 1. The summed E-state index contributed by atoms with van der Waals surface area (Å²) in [5.41, 5.74) is 0.486. The highest BCUT2D eigenvalue weighted by Crippen LogP contribution is 2.21. The molecule has 0 aromatic heterocycles. The number of hydrogen-bond acceptors (Lipinski definition) is 4. The number of benzene rings is 1. The number of anilines is 1. The van der Waals surface area contributed by atoms with Crippen LogP contribution in [-0.2, 0) is 9.53 Å². The second-order valence-corrected chi connectivity index (χ2v) is 5.08. The fraction of sp³-hybridized carbons (Fsp3) is 0.533. The number of carbonyl (C=O) groups is 1. The molecule has 1 aromatic carbocycles. The van der Waals surface area contributed by atoms with E-state index in [1.807, 2.05) is 0 Å². The van der Waals surface area contributed by atoms with Crippen molar-refractivity contribution in [2.45, 2.75) is 31.8 Å². The lowest BCUT2D eigenvalue weighted by atomic mass is 10.2. The molecule has 1 saturated carbocycles. The minimum absolute atomic E-state index is 0.275. The molecule has 2 rings (SSSR count). The average Bonchev–Trinajstić information content (AvgIpc) is 3.22. The molecule has 0 saturated heterocycles. The largest absolute Gasteiger partial charge is 0.465 e. The maximum absolute atomic E-state index is 13.7. The van der Waals surface area contributed by atoms with E-state index in [4.69, 9.17) is 4.74 Å². The molecule has 1 aromatic rings. The first-order valence-corrected chi connectivity index (χ1v) is 7.00. The van der Waals surface area contributed by atoms with Crippen LogP contribution in [-0.4, -0.2) is 38.3 Å². The summed E-state index contributed by atoms with van der Waals surface area (Å²) in [6, 6.07) is 6.51. The molecule has 1 N–H and O–H groups in total. The number of halogens is 1. The summed E-state index contributed by atoms with van der Waals surface area (Å²) in [5, 5.41) is 3.26. The Bertz CT molecular complexity index is 463. The first-order chi connectivity index (χ1) is 9.61. The van der Waals surface area contributed by atoms with E-state index in [9.17, 15) is 9.18 Å². The Morgan fingerprint density at radius 2 is 2.20 bits per heavy atom. The van der Waals surface area contributed by atoms with E-state index in [0.717, 1.165) is 12.8 Å². The van der Waals surface area contributed by atoms with Crippen LogP contribution in [0.2, 0.25) is 0 Å². The summed E-state index contributed by atoms with van der Waals surface area (Å²) in [6.07, 6.45) is 2.17. The third kappa shape index (κ3) is 3.93. The Morgan fingerprint density at radius 1 is 1.50 bits per heavy atom. The Morgan fingerprint density at radius 3 is 2.80 bits per heavy atom. The van der Waals surface area contributed by atoms with Crippen molar-refractivity contribution in [3.63, 3.8) is 0 Å². The summed E-state index contributed by atoms with van der Waals surface area (Å²) >= 11 is 0. The maximum Gasteiger partial charge on any atom is 0.324 e. The first-order valence-electron chi connectivity index (χ1n) is 7.00. The van der Waals surface area contributed by atoms with Crippen molar-refractivity contribution in [2.24, 2.45) is 0 Å². The van der Waals surface area contributed by atoms with Gasteiger partial charge in [0.25, 0.3) is 0 Å². The van der Waals surface area contributed by atoms with Crippen molar-refractivity contribution in [3.05, 3.63) is 30.1 Å². The Kier molecular flexibility index (Phi) is 4.95. The van der Waals surface area contributed by atoms with Crippen LogP contribution >= 0.6 is 0 Å². The van der Waals surface area contributed by atoms with Crippen LogP contribution in [0.1, 0.15) is 19.8 Å². The lowest BCUT2D eigenvalue weighted by Crippen LogP contribution is -2.47.